The summed E-state index contributed by atoms with van der Waals surface area (Å²) in [5, 5.41) is 24.5. The average molecular weight is 762 g/mol. The van der Waals surface area contributed by atoms with Crippen molar-refractivity contribution < 1.29 is 19.7 Å². The highest BCUT2D eigenvalue weighted by Crippen LogP contribution is 2.43. The lowest BCUT2D eigenvalue weighted by molar-refractivity contribution is 0.0104. The topological polar surface area (TPSA) is 65.4 Å². The maximum atomic E-state index is 11.9. The van der Waals surface area contributed by atoms with E-state index in [0.29, 0.717) is 22.2 Å². The summed E-state index contributed by atoms with van der Waals surface area (Å²) in [5.74, 6) is 1.54. The Labute approximate surface area is 328 Å². The van der Waals surface area contributed by atoms with Gasteiger partial charge in [0.2, 0.25) is 0 Å². The summed E-state index contributed by atoms with van der Waals surface area (Å²) in [6.07, 6.45) is 4.04. The molecule has 4 aromatic carbocycles. The maximum absolute atomic E-state index is 11.9. The first kappa shape index (κ1) is 43.8. The van der Waals surface area contributed by atoms with Crippen molar-refractivity contribution in [2.24, 2.45) is 11.8 Å². The van der Waals surface area contributed by atoms with Crippen molar-refractivity contribution in [3.8, 4) is 11.5 Å². The fourth-order valence-corrected chi connectivity index (χ4v) is 7.30. The number of benzene rings is 4. The lowest BCUT2D eigenvalue weighted by Gasteiger charge is -2.38. The second-order valence-corrected chi connectivity index (χ2v) is 15.3. The van der Waals surface area contributed by atoms with Gasteiger partial charge in [-0.05, 0) is 107 Å². The standard InChI is InChI=1S/C23H31NO2.C22H27Cl2NO2/c1-17-7-11-21(12-8-17)23(25,19(3)16-24(4)5)18(2)15-20-9-13-22(26-6)14-10-20;1-15(13-17-9-11-18(27-5)12-10-17)22(26,16(2)14-25(3)4)19-7-6-8-20(23)21(19)24/h7-15,19,25H,16H2,1-6H3;6-13,16,26H,14H2,1-5H3. The molecule has 2 N–H and O–H groups in total. The van der Waals surface area contributed by atoms with Crippen LogP contribution in [0, 0.1) is 18.8 Å². The first-order valence-electron chi connectivity index (χ1n) is 17.9. The molecule has 0 bridgehead atoms. The Hall–Kier alpha value is -3.62. The molecule has 0 amide bonds. The van der Waals surface area contributed by atoms with Gasteiger partial charge in [0.05, 0.1) is 24.3 Å². The largest absolute Gasteiger partial charge is 0.497 e. The van der Waals surface area contributed by atoms with E-state index < -0.39 is 11.2 Å². The van der Waals surface area contributed by atoms with Gasteiger partial charge >= 0.3 is 0 Å². The van der Waals surface area contributed by atoms with Crippen LogP contribution in [0.25, 0.3) is 12.2 Å². The van der Waals surface area contributed by atoms with Crippen molar-refractivity contribution in [1.29, 1.82) is 0 Å². The quantitative estimate of drug-likeness (QED) is 0.133. The van der Waals surface area contributed by atoms with E-state index in [1.807, 2.05) is 128 Å². The molecular formula is C45H58Cl2N2O4. The normalized spacial score (nSPS) is 15.6. The SMILES string of the molecule is COc1ccc(C=C(C)C(O)(c2ccc(C)cc2)C(C)CN(C)C)cc1.COc1ccc(C=C(C)C(O)(c2cccc(Cl)c2Cl)C(C)CN(C)C)cc1. The molecule has 0 aliphatic rings. The van der Waals surface area contributed by atoms with Crippen molar-refractivity contribution in [3.05, 3.63) is 140 Å². The van der Waals surface area contributed by atoms with Crippen LogP contribution in [0.1, 0.15) is 55.5 Å². The maximum Gasteiger partial charge on any atom is 0.118 e. The summed E-state index contributed by atoms with van der Waals surface area (Å²) in [5.41, 5.74) is 4.20. The van der Waals surface area contributed by atoms with Crippen LogP contribution in [-0.2, 0) is 11.2 Å². The molecule has 0 aliphatic heterocycles. The number of aliphatic hydroxyl groups is 2. The van der Waals surface area contributed by atoms with Gasteiger partial charge in [-0.25, -0.2) is 0 Å². The van der Waals surface area contributed by atoms with Gasteiger partial charge in [-0.1, -0.05) is 115 Å². The van der Waals surface area contributed by atoms with Crippen LogP contribution in [0.5, 0.6) is 11.5 Å². The van der Waals surface area contributed by atoms with Gasteiger partial charge in [0.15, 0.2) is 0 Å². The number of rotatable bonds is 14. The van der Waals surface area contributed by atoms with Gasteiger partial charge in [0.25, 0.3) is 0 Å². The second kappa shape index (κ2) is 19.6. The first-order chi connectivity index (χ1) is 25.0. The van der Waals surface area contributed by atoms with Crippen LogP contribution in [-0.4, -0.2) is 75.5 Å². The third-order valence-electron chi connectivity index (χ3n) is 9.76. The number of halogens is 2. The summed E-state index contributed by atoms with van der Waals surface area (Å²) < 4.78 is 10.4. The van der Waals surface area contributed by atoms with E-state index in [1.165, 1.54) is 5.56 Å². The molecule has 286 valence electrons. The van der Waals surface area contributed by atoms with Crippen molar-refractivity contribution in [3.63, 3.8) is 0 Å². The molecule has 53 heavy (non-hydrogen) atoms. The number of aryl methyl sites for hydroxylation is 1. The van der Waals surface area contributed by atoms with E-state index in [4.69, 9.17) is 32.7 Å². The Morgan fingerprint density at radius 3 is 1.49 bits per heavy atom. The van der Waals surface area contributed by atoms with E-state index in [-0.39, 0.29) is 11.8 Å². The molecule has 0 heterocycles. The Bertz CT molecular complexity index is 1800. The van der Waals surface area contributed by atoms with Gasteiger partial charge in [0, 0.05) is 30.5 Å². The van der Waals surface area contributed by atoms with Crippen LogP contribution in [0.2, 0.25) is 10.0 Å². The van der Waals surface area contributed by atoms with E-state index in [0.717, 1.165) is 45.9 Å². The molecule has 6 nitrogen and oxygen atoms in total. The summed E-state index contributed by atoms with van der Waals surface area (Å²) in [6, 6.07) is 29.2. The highest BCUT2D eigenvalue weighted by molar-refractivity contribution is 6.42. The molecule has 4 atom stereocenters. The molecule has 4 rings (SSSR count). The fraction of sp³-hybridized carbons (Fsp3) is 0.378. The number of hydrogen-bond acceptors (Lipinski definition) is 6. The van der Waals surface area contributed by atoms with Crippen LogP contribution >= 0.6 is 23.2 Å². The minimum atomic E-state index is -1.26. The van der Waals surface area contributed by atoms with Crippen LogP contribution in [0.3, 0.4) is 0 Å². The zero-order valence-electron chi connectivity index (χ0n) is 33.2. The minimum Gasteiger partial charge on any atom is -0.497 e. The average Bonchev–Trinajstić information content (AvgIpc) is 3.12. The molecular weight excluding hydrogens is 703 g/mol. The smallest absolute Gasteiger partial charge is 0.118 e. The first-order valence-corrected chi connectivity index (χ1v) is 18.6. The highest BCUT2D eigenvalue weighted by atomic mass is 35.5. The van der Waals surface area contributed by atoms with Gasteiger partial charge in [-0.15, -0.1) is 0 Å². The molecule has 0 radical (unpaired) electrons. The molecule has 0 fully saturated rings. The number of ether oxygens (including phenoxy) is 2. The Morgan fingerprint density at radius 2 is 1.08 bits per heavy atom. The molecule has 0 aromatic heterocycles. The monoisotopic (exact) mass is 760 g/mol. The summed E-state index contributed by atoms with van der Waals surface area (Å²) >= 11 is 12.7. The lowest BCUT2D eigenvalue weighted by Crippen LogP contribution is -2.40. The minimum absolute atomic E-state index is 0.0368. The van der Waals surface area contributed by atoms with E-state index >= 15 is 0 Å². The van der Waals surface area contributed by atoms with Gasteiger partial charge < -0.3 is 29.5 Å². The molecule has 8 heteroatoms. The molecule has 0 spiro atoms. The zero-order valence-corrected chi connectivity index (χ0v) is 34.8. The number of hydrogen-bond donors (Lipinski definition) is 2. The van der Waals surface area contributed by atoms with Crippen molar-refractivity contribution in [2.75, 3.05) is 55.5 Å². The van der Waals surface area contributed by atoms with Crippen molar-refractivity contribution in [1.82, 2.24) is 9.80 Å². The van der Waals surface area contributed by atoms with Gasteiger partial charge in [-0.2, -0.15) is 0 Å². The van der Waals surface area contributed by atoms with E-state index in [1.54, 1.807) is 20.3 Å². The highest BCUT2D eigenvalue weighted by Gasteiger charge is 2.40. The van der Waals surface area contributed by atoms with E-state index in [9.17, 15) is 10.2 Å². The predicted molar refractivity (Wildman–Crippen MR) is 224 cm³/mol. The van der Waals surface area contributed by atoms with Crippen molar-refractivity contribution in [2.45, 2.75) is 45.8 Å². The Kier molecular flexibility index (Phi) is 16.2. The summed E-state index contributed by atoms with van der Waals surface area (Å²) in [4.78, 5) is 4.17. The Morgan fingerprint density at radius 1 is 0.660 bits per heavy atom. The van der Waals surface area contributed by atoms with Crippen LogP contribution < -0.4 is 9.47 Å². The molecule has 4 aromatic rings. The van der Waals surface area contributed by atoms with E-state index in [2.05, 4.69) is 41.9 Å². The van der Waals surface area contributed by atoms with Crippen LogP contribution in [0.4, 0.5) is 0 Å². The van der Waals surface area contributed by atoms with Gasteiger partial charge in [-0.3, -0.25) is 0 Å². The third kappa shape index (κ3) is 11.2. The molecule has 0 saturated carbocycles. The fourth-order valence-electron chi connectivity index (χ4n) is 6.85. The molecule has 4 unspecified atom stereocenters. The Balaban J connectivity index is 0.000000286. The third-order valence-corrected chi connectivity index (χ3v) is 10.6. The summed E-state index contributed by atoms with van der Waals surface area (Å²) in [6.45, 7) is 11.6. The predicted octanol–water partition coefficient (Wildman–Crippen LogP) is 9.98. The molecule has 0 aliphatic carbocycles. The number of methoxy groups -OCH3 is 2. The molecule has 0 saturated heterocycles. The van der Waals surface area contributed by atoms with Crippen molar-refractivity contribution >= 4 is 35.4 Å². The second-order valence-electron chi connectivity index (χ2n) is 14.5. The summed E-state index contributed by atoms with van der Waals surface area (Å²) in [7, 11) is 11.3. The van der Waals surface area contributed by atoms with Crippen LogP contribution in [0.15, 0.2) is 102 Å². The lowest BCUT2D eigenvalue weighted by atomic mass is 9.76. The zero-order chi connectivity index (χ0) is 39.5. The number of nitrogens with zero attached hydrogens (tertiary/aromatic N) is 2. The van der Waals surface area contributed by atoms with Gasteiger partial charge in [0.1, 0.15) is 22.7 Å².